The molecule has 0 N–H and O–H groups in total. The lowest BCUT2D eigenvalue weighted by molar-refractivity contribution is -0.149. The Labute approximate surface area is 165 Å². The van der Waals surface area contributed by atoms with E-state index in [1.807, 2.05) is 30.5 Å². The molecule has 0 aliphatic carbocycles. The molecule has 1 aromatic carbocycles. The van der Waals surface area contributed by atoms with Gasteiger partial charge in [0.2, 0.25) is 0 Å². The molecular weight excluding hydrogens is 378 g/mol. The smallest absolute Gasteiger partial charge is 0.336 e. The van der Waals surface area contributed by atoms with Gasteiger partial charge in [-0.05, 0) is 42.8 Å². The molecule has 1 unspecified atom stereocenters. The van der Waals surface area contributed by atoms with Gasteiger partial charge in [-0.3, -0.25) is 4.79 Å². The maximum absolute atomic E-state index is 12.7. The van der Waals surface area contributed by atoms with E-state index in [1.165, 1.54) is 17.4 Å². The van der Waals surface area contributed by atoms with Crippen LogP contribution >= 0.6 is 11.3 Å². The van der Waals surface area contributed by atoms with Crippen molar-refractivity contribution in [2.45, 2.75) is 32.4 Å². The molecule has 144 valence electrons. The number of hydrogen-bond donors (Lipinski definition) is 0. The zero-order valence-corrected chi connectivity index (χ0v) is 16.2. The first-order valence-electron chi connectivity index (χ1n) is 9.07. The van der Waals surface area contributed by atoms with Gasteiger partial charge in [0.15, 0.2) is 0 Å². The average molecular weight is 397 g/mol. The van der Waals surface area contributed by atoms with Crippen molar-refractivity contribution >= 4 is 34.2 Å². The zero-order valence-electron chi connectivity index (χ0n) is 15.3. The number of amides is 1. The number of ether oxygens (including phenoxy) is 1. The monoisotopic (exact) mass is 397 g/mol. The fraction of sp³-hybridized carbons (Fsp3) is 0.286. The predicted molar refractivity (Wildman–Crippen MR) is 105 cm³/mol. The number of thiophene rings is 1. The van der Waals surface area contributed by atoms with Crippen molar-refractivity contribution in [1.29, 1.82) is 0 Å². The molecule has 1 atom stereocenters. The molecule has 0 bridgehead atoms. The third-order valence-corrected chi connectivity index (χ3v) is 5.73. The molecule has 1 aliphatic rings. The largest absolute Gasteiger partial charge is 0.459 e. The Bertz CT molecular complexity index is 1090. The van der Waals surface area contributed by atoms with E-state index in [0.717, 1.165) is 17.4 Å². The molecule has 7 heteroatoms. The molecule has 0 saturated carbocycles. The molecule has 0 spiro atoms. The fourth-order valence-electron chi connectivity index (χ4n) is 3.50. The van der Waals surface area contributed by atoms with E-state index in [9.17, 15) is 14.4 Å². The van der Waals surface area contributed by atoms with Gasteiger partial charge in [0, 0.05) is 23.6 Å². The van der Waals surface area contributed by atoms with Crippen molar-refractivity contribution in [3.63, 3.8) is 0 Å². The maximum atomic E-state index is 12.7. The Hall–Kier alpha value is -2.93. The van der Waals surface area contributed by atoms with E-state index in [4.69, 9.17) is 9.15 Å². The summed E-state index contributed by atoms with van der Waals surface area (Å²) in [5.41, 5.74) is 1.54. The second-order valence-electron chi connectivity index (χ2n) is 6.83. The van der Waals surface area contributed by atoms with Crippen LogP contribution in [0, 0.1) is 6.92 Å². The molecule has 1 amide bonds. The SMILES string of the molecule is Cc1ccc2c(COC(=O)C3CCCN3C(=O)c3cccs3)cc(=O)oc2c1. The number of carbonyl (C=O) groups is 2. The number of likely N-dealkylation sites (tertiary alicyclic amines) is 1. The summed E-state index contributed by atoms with van der Waals surface area (Å²) in [4.78, 5) is 39.3. The molecule has 0 radical (unpaired) electrons. The van der Waals surface area contributed by atoms with E-state index in [-0.39, 0.29) is 12.5 Å². The molecule has 1 saturated heterocycles. The van der Waals surface area contributed by atoms with Crippen LogP contribution in [-0.2, 0) is 16.1 Å². The third-order valence-electron chi connectivity index (χ3n) is 4.87. The minimum Gasteiger partial charge on any atom is -0.459 e. The Kier molecular flexibility index (Phi) is 5.00. The van der Waals surface area contributed by atoms with Crippen LogP contribution in [0.25, 0.3) is 11.0 Å². The summed E-state index contributed by atoms with van der Waals surface area (Å²) in [6, 6.07) is 9.85. The molecular formula is C21H19NO5S. The summed E-state index contributed by atoms with van der Waals surface area (Å²) >= 11 is 1.36. The van der Waals surface area contributed by atoms with Gasteiger partial charge in [-0.2, -0.15) is 0 Å². The van der Waals surface area contributed by atoms with Crippen LogP contribution < -0.4 is 5.63 Å². The number of carbonyl (C=O) groups excluding carboxylic acids is 2. The molecule has 2 aromatic heterocycles. The van der Waals surface area contributed by atoms with Crippen LogP contribution in [0.5, 0.6) is 0 Å². The number of rotatable bonds is 4. The average Bonchev–Trinajstić information content (AvgIpc) is 3.36. The van der Waals surface area contributed by atoms with Crippen molar-refractivity contribution in [2.75, 3.05) is 6.54 Å². The van der Waals surface area contributed by atoms with Crippen molar-refractivity contribution < 1.29 is 18.7 Å². The third kappa shape index (κ3) is 3.57. The van der Waals surface area contributed by atoms with E-state index >= 15 is 0 Å². The topological polar surface area (TPSA) is 76.8 Å². The second-order valence-corrected chi connectivity index (χ2v) is 7.78. The van der Waals surface area contributed by atoms with Gasteiger partial charge in [0.25, 0.3) is 5.91 Å². The standard InChI is InChI=1S/C21H19NO5S/c1-13-6-7-15-14(11-19(23)27-17(15)10-13)12-26-21(25)16-4-2-8-22(16)20(24)18-5-3-9-28-18/h3,5-7,9-11,16H,2,4,8,12H2,1H3. The van der Waals surface area contributed by atoms with E-state index in [2.05, 4.69) is 0 Å². The van der Waals surface area contributed by atoms with Gasteiger partial charge in [-0.15, -0.1) is 11.3 Å². The van der Waals surface area contributed by atoms with Gasteiger partial charge < -0.3 is 14.1 Å². The first-order chi connectivity index (χ1) is 13.5. The molecule has 6 nitrogen and oxygen atoms in total. The highest BCUT2D eigenvalue weighted by atomic mass is 32.1. The minimum atomic E-state index is -0.594. The molecule has 28 heavy (non-hydrogen) atoms. The number of hydrogen-bond acceptors (Lipinski definition) is 6. The Morgan fingerprint density at radius 2 is 2.14 bits per heavy atom. The molecule has 3 aromatic rings. The van der Waals surface area contributed by atoms with E-state index in [0.29, 0.717) is 29.0 Å². The quantitative estimate of drug-likeness (QED) is 0.497. The molecule has 1 fully saturated rings. The first-order valence-corrected chi connectivity index (χ1v) is 9.95. The highest BCUT2D eigenvalue weighted by Gasteiger charge is 2.36. The number of aryl methyl sites for hydroxylation is 1. The van der Waals surface area contributed by atoms with Crippen LogP contribution in [0.3, 0.4) is 0 Å². The summed E-state index contributed by atoms with van der Waals surface area (Å²) in [5, 5.41) is 2.57. The number of benzene rings is 1. The van der Waals surface area contributed by atoms with Crippen LogP contribution in [0.1, 0.15) is 33.6 Å². The molecule has 1 aliphatic heterocycles. The minimum absolute atomic E-state index is 0.0402. The predicted octanol–water partition coefficient (Wildman–Crippen LogP) is 3.51. The first kappa shape index (κ1) is 18.4. The van der Waals surface area contributed by atoms with Crippen molar-refractivity contribution in [3.8, 4) is 0 Å². The van der Waals surface area contributed by atoms with Crippen LogP contribution in [0.15, 0.2) is 51.0 Å². The summed E-state index contributed by atoms with van der Waals surface area (Å²) in [7, 11) is 0. The van der Waals surface area contributed by atoms with Gasteiger partial charge in [-0.1, -0.05) is 18.2 Å². The molecule has 3 heterocycles. The van der Waals surface area contributed by atoms with E-state index in [1.54, 1.807) is 17.0 Å². The Morgan fingerprint density at radius 3 is 2.93 bits per heavy atom. The lowest BCUT2D eigenvalue weighted by Gasteiger charge is -2.22. The van der Waals surface area contributed by atoms with Crippen LogP contribution in [0.2, 0.25) is 0 Å². The van der Waals surface area contributed by atoms with Crippen molar-refractivity contribution in [2.24, 2.45) is 0 Å². The van der Waals surface area contributed by atoms with Gasteiger partial charge in [0.1, 0.15) is 18.2 Å². The zero-order chi connectivity index (χ0) is 19.7. The van der Waals surface area contributed by atoms with Crippen LogP contribution in [-0.4, -0.2) is 29.4 Å². The normalized spacial score (nSPS) is 16.5. The lowest BCUT2D eigenvalue weighted by atomic mass is 10.1. The number of fused-ring (bicyclic) bond motifs is 1. The fourth-order valence-corrected chi connectivity index (χ4v) is 4.18. The summed E-state index contributed by atoms with van der Waals surface area (Å²) in [6.45, 7) is 2.40. The van der Waals surface area contributed by atoms with Crippen LogP contribution in [0.4, 0.5) is 0 Å². The van der Waals surface area contributed by atoms with Crippen molar-refractivity contribution in [1.82, 2.24) is 4.90 Å². The summed E-state index contributed by atoms with van der Waals surface area (Å²) in [5.74, 6) is -0.591. The lowest BCUT2D eigenvalue weighted by Crippen LogP contribution is -2.41. The van der Waals surface area contributed by atoms with Crippen molar-refractivity contribution in [3.05, 3.63) is 68.2 Å². The van der Waals surface area contributed by atoms with Gasteiger partial charge >= 0.3 is 11.6 Å². The van der Waals surface area contributed by atoms with Gasteiger partial charge in [0.05, 0.1) is 4.88 Å². The molecule has 4 rings (SSSR count). The summed E-state index contributed by atoms with van der Waals surface area (Å²) < 4.78 is 10.7. The number of nitrogens with zero attached hydrogens (tertiary/aromatic N) is 1. The highest BCUT2D eigenvalue weighted by Crippen LogP contribution is 2.24. The second kappa shape index (κ2) is 7.59. The Balaban J connectivity index is 1.51. The number of esters is 1. The van der Waals surface area contributed by atoms with E-state index < -0.39 is 17.6 Å². The maximum Gasteiger partial charge on any atom is 0.336 e. The Morgan fingerprint density at radius 1 is 1.29 bits per heavy atom. The van der Waals surface area contributed by atoms with Gasteiger partial charge in [-0.25, -0.2) is 9.59 Å². The highest BCUT2D eigenvalue weighted by molar-refractivity contribution is 7.12. The summed E-state index contributed by atoms with van der Waals surface area (Å²) in [6.07, 6.45) is 1.33.